The van der Waals surface area contributed by atoms with Gasteiger partial charge in [-0.3, -0.25) is 10.1 Å². The standard InChI is InChI=1S/C19H20N2O/c1-2-5-14-8-10-15(11-9-14)19-17-7-4-3-6-16(17)18(22)21(19)13-12-20-19/h3-4,6-11,20H,2,5,12-13H2,1H3. The Hall–Kier alpha value is -2.13. The van der Waals surface area contributed by atoms with Gasteiger partial charge in [0.15, 0.2) is 0 Å². The van der Waals surface area contributed by atoms with Gasteiger partial charge in [-0.25, -0.2) is 0 Å². The fraction of sp³-hybridized carbons (Fsp3) is 0.316. The molecular formula is C19H20N2O. The van der Waals surface area contributed by atoms with Crippen molar-refractivity contribution in [1.29, 1.82) is 0 Å². The summed E-state index contributed by atoms with van der Waals surface area (Å²) in [6.07, 6.45) is 2.25. The van der Waals surface area contributed by atoms with Gasteiger partial charge < -0.3 is 4.90 Å². The highest BCUT2D eigenvalue weighted by atomic mass is 16.2. The van der Waals surface area contributed by atoms with Gasteiger partial charge in [-0.2, -0.15) is 0 Å². The zero-order valence-electron chi connectivity index (χ0n) is 12.8. The molecule has 0 aromatic heterocycles. The average Bonchev–Trinajstić information content (AvgIpc) is 3.09. The highest BCUT2D eigenvalue weighted by Gasteiger charge is 2.53. The maximum absolute atomic E-state index is 12.7. The lowest BCUT2D eigenvalue weighted by molar-refractivity contribution is 0.0694. The largest absolute Gasteiger partial charge is 0.311 e. The smallest absolute Gasteiger partial charge is 0.256 e. The first-order valence-electron chi connectivity index (χ1n) is 8.03. The van der Waals surface area contributed by atoms with Crippen molar-refractivity contribution in [3.05, 3.63) is 70.8 Å². The zero-order chi connectivity index (χ0) is 15.2. The summed E-state index contributed by atoms with van der Waals surface area (Å²) in [5.41, 5.74) is 3.94. The third-order valence-electron chi connectivity index (χ3n) is 4.82. The van der Waals surface area contributed by atoms with E-state index in [1.165, 1.54) is 5.56 Å². The minimum atomic E-state index is -0.474. The molecule has 3 heteroatoms. The molecule has 1 amide bonds. The second-order valence-electron chi connectivity index (χ2n) is 6.09. The van der Waals surface area contributed by atoms with E-state index in [0.29, 0.717) is 0 Å². The summed E-state index contributed by atoms with van der Waals surface area (Å²) in [5.74, 6) is 0.137. The molecule has 0 bridgehead atoms. The molecule has 1 fully saturated rings. The van der Waals surface area contributed by atoms with Gasteiger partial charge in [0, 0.05) is 24.2 Å². The minimum Gasteiger partial charge on any atom is -0.311 e. The van der Waals surface area contributed by atoms with Gasteiger partial charge in [-0.1, -0.05) is 55.8 Å². The Labute approximate surface area is 131 Å². The fourth-order valence-corrected chi connectivity index (χ4v) is 3.85. The van der Waals surface area contributed by atoms with Crippen molar-refractivity contribution in [2.24, 2.45) is 0 Å². The van der Waals surface area contributed by atoms with Crippen molar-refractivity contribution in [3.8, 4) is 0 Å². The minimum absolute atomic E-state index is 0.137. The van der Waals surface area contributed by atoms with E-state index in [1.807, 2.05) is 23.1 Å². The van der Waals surface area contributed by atoms with E-state index in [0.717, 1.165) is 42.6 Å². The number of benzene rings is 2. The topological polar surface area (TPSA) is 32.3 Å². The van der Waals surface area contributed by atoms with Crippen LogP contribution in [0.1, 0.15) is 40.4 Å². The van der Waals surface area contributed by atoms with Crippen LogP contribution in [0.15, 0.2) is 48.5 Å². The molecule has 2 aliphatic rings. The Bertz CT molecular complexity index is 722. The predicted molar refractivity (Wildman–Crippen MR) is 86.7 cm³/mol. The number of nitrogens with zero attached hydrogens (tertiary/aromatic N) is 1. The number of carbonyl (C=O) groups is 1. The first-order chi connectivity index (χ1) is 10.8. The van der Waals surface area contributed by atoms with Gasteiger partial charge in [-0.05, 0) is 23.6 Å². The number of rotatable bonds is 3. The van der Waals surface area contributed by atoms with Crippen LogP contribution in [0.4, 0.5) is 0 Å². The number of hydrogen-bond acceptors (Lipinski definition) is 2. The van der Waals surface area contributed by atoms with Crippen LogP contribution in [0.25, 0.3) is 0 Å². The maximum Gasteiger partial charge on any atom is 0.256 e. The molecule has 2 aliphatic heterocycles. The van der Waals surface area contributed by atoms with E-state index in [2.05, 4.69) is 42.6 Å². The number of amides is 1. The predicted octanol–water partition coefficient (Wildman–Crippen LogP) is 2.90. The Balaban J connectivity index is 1.86. The van der Waals surface area contributed by atoms with Crippen molar-refractivity contribution in [2.45, 2.75) is 25.4 Å². The van der Waals surface area contributed by atoms with Crippen molar-refractivity contribution in [1.82, 2.24) is 10.2 Å². The van der Waals surface area contributed by atoms with Crippen LogP contribution in [0, 0.1) is 0 Å². The van der Waals surface area contributed by atoms with Gasteiger partial charge in [0.2, 0.25) is 0 Å². The number of aryl methyl sites for hydroxylation is 1. The molecule has 2 aromatic rings. The molecule has 2 aromatic carbocycles. The van der Waals surface area contributed by atoms with Crippen LogP contribution in [-0.4, -0.2) is 23.9 Å². The summed E-state index contributed by atoms with van der Waals surface area (Å²) in [7, 11) is 0. The van der Waals surface area contributed by atoms with E-state index in [-0.39, 0.29) is 5.91 Å². The first kappa shape index (κ1) is 13.5. The summed E-state index contributed by atoms with van der Waals surface area (Å²) < 4.78 is 0. The second kappa shape index (κ2) is 4.96. The lowest BCUT2D eigenvalue weighted by Gasteiger charge is -2.33. The van der Waals surface area contributed by atoms with Gasteiger partial charge >= 0.3 is 0 Å². The normalized spacial score (nSPS) is 22.8. The molecule has 3 nitrogen and oxygen atoms in total. The van der Waals surface area contributed by atoms with Crippen LogP contribution in [0.5, 0.6) is 0 Å². The van der Waals surface area contributed by atoms with Crippen LogP contribution >= 0.6 is 0 Å². The third kappa shape index (κ3) is 1.69. The highest BCUT2D eigenvalue weighted by molar-refractivity contribution is 6.01. The van der Waals surface area contributed by atoms with E-state index >= 15 is 0 Å². The lowest BCUT2D eigenvalue weighted by atomic mass is 9.90. The molecule has 4 rings (SSSR count). The molecule has 0 spiro atoms. The van der Waals surface area contributed by atoms with Gasteiger partial charge in [0.05, 0.1) is 0 Å². The number of hydrogen-bond donors (Lipinski definition) is 1. The molecule has 0 radical (unpaired) electrons. The van der Waals surface area contributed by atoms with Crippen LogP contribution in [-0.2, 0) is 12.1 Å². The molecule has 1 unspecified atom stereocenters. The lowest BCUT2D eigenvalue weighted by Crippen LogP contribution is -2.46. The molecule has 1 atom stereocenters. The second-order valence-corrected chi connectivity index (χ2v) is 6.09. The summed E-state index contributed by atoms with van der Waals surface area (Å²) in [6.45, 7) is 3.78. The monoisotopic (exact) mass is 292 g/mol. The van der Waals surface area contributed by atoms with E-state index in [1.54, 1.807) is 0 Å². The summed E-state index contributed by atoms with van der Waals surface area (Å²) in [6, 6.07) is 16.7. The average molecular weight is 292 g/mol. The number of nitrogens with one attached hydrogen (secondary N) is 1. The number of carbonyl (C=O) groups excluding carboxylic acids is 1. The Morgan fingerprint density at radius 3 is 2.68 bits per heavy atom. The van der Waals surface area contributed by atoms with Crippen molar-refractivity contribution in [3.63, 3.8) is 0 Å². The maximum atomic E-state index is 12.7. The van der Waals surface area contributed by atoms with Crippen LogP contribution in [0.2, 0.25) is 0 Å². The SMILES string of the molecule is CCCc1ccc(C23NCCN2C(=O)c2ccccc23)cc1. The molecule has 1 saturated heterocycles. The fourth-order valence-electron chi connectivity index (χ4n) is 3.85. The quantitative estimate of drug-likeness (QED) is 0.943. The molecule has 1 N–H and O–H groups in total. The molecule has 2 heterocycles. The molecular weight excluding hydrogens is 272 g/mol. The van der Waals surface area contributed by atoms with Crippen molar-refractivity contribution >= 4 is 5.91 Å². The summed E-state index contributed by atoms with van der Waals surface area (Å²) >= 11 is 0. The Kier molecular flexibility index (Phi) is 3.05. The number of fused-ring (bicyclic) bond motifs is 3. The van der Waals surface area contributed by atoms with Gasteiger partial charge in [0.25, 0.3) is 5.91 Å². The van der Waals surface area contributed by atoms with Gasteiger partial charge in [-0.15, -0.1) is 0 Å². The summed E-state index contributed by atoms with van der Waals surface area (Å²) in [4.78, 5) is 14.7. The zero-order valence-corrected chi connectivity index (χ0v) is 12.8. The Morgan fingerprint density at radius 2 is 1.91 bits per heavy atom. The Morgan fingerprint density at radius 1 is 1.14 bits per heavy atom. The van der Waals surface area contributed by atoms with E-state index in [4.69, 9.17) is 0 Å². The van der Waals surface area contributed by atoms with Gasteiger partial charge in [0.1, 0.15) is 5.66 Å². The third-order valence-corrected chi connectivity index (χ3v) is 4.82. The van der Waals surface area contributed by atoms with Crippen LogP contribution < -0.4 is 5.32 Å². The molecule has 0 aliphatic carbocycles. The molecule has 22 heavy (non-hydrogen) atoms. The molecule has 0 saturated carbocycles. The first-order valence-corrected chi connectivity index (χ1v) is 8.03. The van der Waals surface area contributed by atoms with Crippen LogP contribution in [0.3, 0.4) is 0 Å². The molecule has 112 valence electrons. The van der Waals surface area contributed by atoms with E-state index < -0.39 is 5.66 Å². The van der Waals surface area contributed by atoms with Crippen molar-refractivity contribution < 1.29 is 4.79 Å². The van der Waals surface area contributed by atoms with E-state index in [9.17, 15) is 4.79 Å². The summed E-state index contributed by atoms with van der Waals surface area (Å²) in [5, 5.41) is 3.59. The highest BCUT2D eigenvalue weighted by Crippen LogP contribution is 2.44. The van der Waals surface area contributed by atoms with Crippen molar-refractivity contribution in [2.75, 3.05) is 13.1 Å².